The lowest BCUT2D eigenvalue weighted by molar-refractivity contribution is 0.410. The van der Waals surface area contributed by atoms with Crippen LogP contribution in [0.2, 0.25) is 0 Å². The lowest BCUT2D eigenvalue weighted by Crippen LogP contribution is -2.32. The fraction of sp³-hybridized carbons (Fsp3) is 0.667. The molecule has 0 aliphatic heterocycles. The van der Waals surface area contributed by atoms with Crippen LogP contribution in [0.15, 0.2) is 11.0 Å². The molecule has 0 bridgehead atoms. The van der Waals surface area contributed by atoms with Gasteiger partial charge in [0, 0.05) is 22.8 Å². The van der Waals surface area contributed by atoms with Crippen LogP contribution in [0.1, 0.15) is 36.4 Å². The van der Waals surface area contributed by atoms with Crippen molar-refractivity contribution in [3.05, 3.63) is 15.8 Å². The van der Waals surface area contributed by atoms with Gasteiger partial charge >= 0.3 is 0 Å². The van der Waals surface area contributed by atoms with E-state index in [2.05, 4.69) is 0 Å². The van der Waals surface area contributed by atoms with E-state index >= 15 is 0 Å². The van der Waals surface area contributed by atoms with Gasteiger partial charge < -0.3 is 0 Å². The molecule has 0 N–H and O–H groups in total. The molecule has 0 atom stereocenters. The molecule has 1 aromatic rings. The van der Waals surface area contributed by atoms with E-state index in [1.807, 2.05) is 20.8 Å². The molecule has 0 unspecified atom stereocenters. The summed E-state index contributed by atoms with van der Waals surface area (Å²) in [5.74, 6) is 0.364. The van der Waals surface area contributed by atoms with Crippen LogP contribution in [0.5, 0.6) is 0 Å². The zero-order valence-electron chi connectivity index (χ0n) is 11.1. The van der Waals surface area contributed by atoms with Gasteiger partial charge in [0.25, 0.3) is 0 Å². The Morgan fingerprint density at radius 2 is 1.83 bits per heavy atom. The van der Waals surface area contributed by atoms with E-state index in [1.165, 1.54) is 11.3 Å². The van der Waals surface area contributed by atoms with E-state index in [1.54, 1.807) is 10.4 Å². The molecule has 1 heterocycles. The molecule has 0 amide bonds. The Bertz CT molecular complexity index is 476. The lowest BCUT2D eigenvalue weighted by atomic mass is 10.4. The molecule has 6 heteroatoms. The third-order valence-corrected chi connectivity index (χ3v) is 6.27. The highest BCUT2D eigenvalue weighted by atomic mass is 35.5. The van der Waals surface area contributed by atoms with Gasteiger partial charge in [0.2, 0.25) is 10.0 Å². The van der Waals surface area contributed by atoms with Crippen LogP contribution in [0, 0.1) is 6.92 Å². The highest BCUT2D eigenvalue weighted by Gasteiger charge is 2.26. The molecule has 104 valence electrons. The van der Waals surface area contributed by atoms with Crippen LogP contribution in [0.25, 0.3) is 0 Å². The van der Waals surface area contributed by atoms with Crippen molar-refractivity contribution in [1.82, 2.24) is 4.31 Å². The fourth-order valence-corrected chi connectivity index (χ4v) is 5.16. The van der Waals surface area contributed by atoms with Crippen molar-refractivity contribution in [2.75, 3.05) is 13.1 Å². The first-order chi connectivity index (χ1) is 8.47. The van der Waals surface area contributed by atoms with Crippen molar-refractivity contribution in [2.45, 2.75) is 44.4 Å². The van der Waals surface area contributed by atoms with Crippen molar-refractivity contribution in [3.8, 4) is 0 Å². The van der Waals surface area contributed by atoms with E-state index < -0.39 is 10.0 Å². The quantitative estimate of drug-likeness (QED) is 0.722. The van der Waals surface area contributed by atoms with Crippen LogP contribution >= 0.6 is 22.9 Å². The molecule has 0 fully saturated rings. The van der Waals surface area contributed by atoms with Gasteiger partial charge in [0.05, 0.1) is 10.8 Å². The maximum Gasteiger partial charge on any atom is 0.244 e. The van der Waals surface area contributed by atoms with Gasteiger partial charge in [-0.2, -0.15) is 4.31 Å². The number of rotatable bonds is 7. The van der Waals surface area contributed by atoms with Crippen molar-refractivity contribution in [1.29, 1.82) is 0 Å². The average molecular weight is 310 g/mol. The molecule has 0 aromatic carbocycles. The summed E-state index contributed by atoms with van der Waals surface area (Å²) in [4.78, 5) is 2.15. The summed E-state index contributed by atoms with van der Waals surface area (Å²) < 4.78 is 26.7. The Kier molecular flexibility index (Phi) is 6.11. The van der Waals surface area contributed by atoms with E-state index in [4.69, 9.17) is 11.6 Å². The van der Waals surface area contributed by atoms with E-state index in [9.17, 15) is 8.42 Å². The minimum atomic E-state index is -3.36. The van der Waals surface area contributed by atoms with E-state index in [0.29, 0.717) is 23.9 Å². The zero-order valence-corrected chi connectivity index (χ0v) is 13.5. The van der Waals surface area contributed by atoms with Crippen molar-refractivity contribution in [2.24, 2.45) is 0 Å². The maximum atomic E-state index is 12.6. The minimum absolute atomic E-state index is 0.364. The van der Waals surface area contributed by atoms with Gasteiger partial charge in [-0.15, -0.1) is 22.9 Å². The Labute approximate surface area is 119 Å². The molecule has 0 saturated carbocycles. The third-order valence-electron chi connectivity index (χ3n) is 2.62. The Morgan fingerprint density at radius 1 is 1.28 bits per heavy atom. The Balaban J connectivity index is 3.12. The Hall–Kier alpha value is -0.100. The van der Waals surface area contributed by atoms with Crippen LogP contribution < -0.4 is 0 Å². The van der Waals surface area contributed by atoms with Crippen LogP contribution in [-0.4, -0.2) is 25.8 Å². The number of alkyl halides is 1. The first-order valence-corrected chi connectivity index (χ1v) is 8.91. The summed E-state index contributed by atoms with van der Waals surface area (Å²) in [5, 5.41) is 0. The summed E-state index contributed by atoms with van der Waals surface area (Å²) in [6.45, 7) is 6.96. The second-order valence-electron chi connectivity index (χ2n) is 4.17. The molecule has 0 aliphatic rings. The predicted octanol–water partition coefficient (Wildman–Crippen LogP) is 3.61. The summed E-state index contributed by atoms with van der Waals surface area (Å²) in [5.41, 5.74) is 0. The molecule has 0 saturated heterocycles. The standard InChI is InChI=1S/C12H20ClNO2S2/c1-4-6-14(7-5-2)18(15,16)12-8-11(9-13)17-10(12)3/h8H,4-7,9H2,1-3H3. The van der Waals surface area contributed by atoms with Gasteiger partial charge in [-0.1, -0.05) is 13.8 Å². The number of hydrogen-bond donors (Lipinski definition) is 0. The summed E-state index contributed by atoms with van der Waals surface area (Å²) in [7, 11) is -3.36. The van der Waals surface area contributed by atoms with Gasteiger partial charge in [-0.05, 0) is 25.8 Å². The van der Waals surface area contributed by atoms with Gasteiger partial charge in [-0.3, -0.25) is 0 Å². The normalized spacial score (nSPS) is 12.3. The smallest absolute Gasteiger partial charge is 0.207 e. The van der Waals surface area contributed by atoms with Crippen molar-refractivity contribution in [3.63, 3.8) is 0 Å². The zero-order chi connectivity index (χ0) is 13.8. The summed E-state index contributed by atoms with van der Waals surface area (Å²) in [6, 6.07) is 1.71. The lowest BCUT2D eigenvalue weighted by Gasteiger charge is -2.20. The molecule has 1 rings (SSSR count). The SMILES string of the molecule is CCCN(CCC)S(=O)(=O)c1cc(CCl)sc1C. The predicted molar refractivity (Wildman–Crippen MR) is 78.0 cm³/mol. The number of hydrogen-bond acceptors (Lipinski definition) is 3. The first kappa shape index (κ1) is 16.0. The summed E-state index contributed by atoms with van der Waals surface area (Å²) >= 11 is 7.22. The first-order valence-electron chi connectivity index (χ1n) is 6.12. The summed E-state index contributed by atoms with van der Waals surface area (Å²) in [6.07, 6.45) is 1.65. The van der Waals surface area contributed by atoms with Crippen LogP contribution in [0.4, 0.5) is 0 Å². The van der Waals surface area contributed by atoms with Gasteiger partial charge in [0.15, 0.2) is 0 Å². The minimum Gasteiger partial charge on any atom is -0.207 e. The van der Waals surface area contributed by atoms with Gasteiger partial charge in [0.1, 0.15) is 0 Å². The van der Waals surface area contributed by atoms with Crippen molar-refractivity contribution < 1.29 is 8.42 Å². The Morgan fingerprint density at radius 3 is 2.22 bits per heavy atom. The topological polar surface area (TPSA) is 37.4 Å². The number of halogens is 1. The van der Waals surface area contributed by atoms with Crippen molar-refractivity contribution >= 4 is 33.0 Å². The highest BCUT2D eigenvalue weighted by Crippen LogP contribution is 2.29. The third kappa shape index (κ3) is 3.47. The largest absolute Gasteiger partial charge is 0.244 e. The molecule has 18 heavy (non-hydrogen) atoms. The van der Waals surface area contributed by atoms with Gasteiger partial charge in [-0.25, -0.2) is 8.42 Å². The number of sulfonamides is 1. The highest BCUT2D eigenvalue weighted by molar-refractivity contribution is 7.89. The molecule has 0 spiro atoms. The molecular weight excluding hydrogens is 290 g/mol. The second kappa shape index (κ2) is 6.89. The molecular formula is C12H20ClNO2S2. The van der Waals surface area contributed by atoms with E-state index in [-0.39, 0.29) is 0 Å². The fourth-order valence-electron chi connectivity index (χ4n) is 1.84. The molecule has 3 nitrogen and oxygen atoms in total. The second-order valence-corrected chi connectivity index (χ2v) is 7.69. The number of thiophene rings is 1. The van der Waals surface area contributed by atoms with Crippen LogP contribution in [0.3, 0.4) is 0 Å². The molecule has 0 radical (unpaired) electrons. The maximum absolute atomic E-state index is 12.6. The van der Waals surface area contributed by atoms with E-state index in [0.717, 1.165) is 22.6 Å². The number of nitrogens with zero attached hydrogens (tertiary/aromatic N) is 1. The van der Waals surface area contributed by atoms with Crippen LogP contribution in [-0.2, 0) is 15.9 Å². The average Bonchev–Trinajstić information content (AvgIpc) is 2.71. The molecule has 0 aliphatic carbocycles. The molecule has 1 aromatic heterocycles. The number of aryl methyl sites for hydroxylation is 1. The monoisotopic (exact) mass is 309 g/mol.